The monoisotopic (exact) mass is 334 g/mol. The van der Waals surface area contributed by atoms with Crippen LogP contribution in [0.2, 0.25) is 0 Å². The molecule has 0 radical (unpaired) electrons. The fraction of sp³-hybridized carbons (Fsp3) is 0.381. The van der Waals surface area contributed by atoms with Gasteiger partial charge in [-0.2, -0.15) is 0 Å². The zero-order chi connectivity index (χ0) is 16.8. The number of nitrogens with zero attached hydrogens (tertiary/aromatic N) is 2. The molecule has 0 aromatic heterocycles. The quantitative estimate of drug-likeness (QED) is 0.846. The summed E-state index contributed by atoms with van der Waals surface area (Å²) in [5.41, 5.74) is 3.64. The first kappa shape index (κ1) is 15.0. The molecule has 3 aliphatic heterocycles. The Morgan fingerprint density at radius 2 is 1.84 bits per heavy atom. The predicted octanol–water partition coefficient (Wildman–Crippen LogP) is 3.03. The second-order valence-corrected chi connectivity index (χ2v) is 7.28. The second-order valence-electron chi connectivity index (χ2n) is 7.28. The molecule has 2 aromatic carbocycles. The van der Waals surface area contributed by atoms with Gasteiger partial charge in [0.05, 0.1) is 18.2 Å². The minimum Gasteiger partial charge on any atom is -0.491 e. The minimum atomic E-state index is 0.0737. The summed E-state index contributed by atoms with van der Waals surface area (Å²) in [4.78, 5) is 17.6. The molecule has 128 valence electrons. The van der Waals surface area contributed by atoms with Gasteiger partial charge in [0.1, 0.15) is 5.75 Å². The van der Waals surface area contributed by atoms with E-state index < -0.39 is 0 Å². The number of amides is 1. The fourth-order valence-electron chi connectivity index (χ4n) is 4.60. The third kappa shape index (κ3) is 2.44. The molecule has 0 saturated carbocycles. The van der Waals surface area contributed by atoms with Crippen molar-refractivity contribution in [1.29, 1.82) is 0 Å². The smallest absolute Gasteiger partial charge is 0.232 e. The van der Waals surface area contributed by atoms with Crippen molar-refractivity contribution >= 4 is 11.6 Å². The molecule has 4 nitrogen and oxygen atoms in total. The lowest BCUT2D eigenvalue weighted by Gasteiger charge is -2.35. The molecule has 1 fully saturated rings. The number of ether oxygens (including phenoxy) is 1. The molecule has 25 heavy (non-hydrogen) atoms. The van der Waals surface area contributed by atoms with Gasteiger partial charge < -0.3 is 9.64 Å². The molecular formula is C21H22N2O2. The first-order valence-corrected chi connectivity index (χ1v) is 9.14. The van der Waals surface area contributed by atoms with Crippen LogP contribution in [0.4, 0.5) is 5.69 Å². The van der Waals surface area contributed by atoms with Crippen LogP contribution in [-0.2, 0) is 11.3 Å². The summed E-state index contributed by atoms with van der Waals surface area (Å²) in [6, 6.07) is 16.8. The highest BCUT2D eigenvalue weighted by molar-refractivity contribution is 6.01. The number of fused-ring (bicyclic) bond motifs is 2. The van der Waals surface area contributed by atoms with E-state index in [-0.39, 0.29) is 17.7 Å². The average Bonchev–Trinajstić information content (AvgIpc) is 2.93. The van der Waals surface area contributed by atoms with E-state index in [1.165, 1.54) is 11.1 Å². The number of anilines is 1. The molecule has 0 N–H and O–H groups in total. The zero-order valence-electron chi connectivity index (χ0n) is 14.2. The lowest BCUT2D eigenvalue weighted by Crippen LogP contribution is -2.43. The molecule has 0 bridgehead atoms. The molecule has 5 rings (SSSR count). The van der Waals surface area contributed by atoms with E-state index in [2.05, 4.69) is 41.3 Å². The molecule has 2 aromatic rings. The zero-order valence-corrected chi connectivity index (χ0v) is 14.2. The molecule has 0 spiro atoms. The van der Waals surface area contributed by atoms with Crippen molar-refractivity contribution in [3.05, 3.63) is 59.7 Å². The van der Waals surface area contributed by atoms with Gasteiger partial charge in [-0.05, 0) is 23.6 Å². The minimum absolute atomic E-state index is 0.0737. The van der Waals surface area contributed by atoms with Crippen LogP contribution in [-0.4, -0.2) is 37.0 Å². The van der Waals surface area contributed by atoms with E-state index in [4.69, 9.17) is 4.74 Å². The van der Waals surface area contributed by atoms with Crippen LogP contribution in [0.5, 0.6) is 5.75 Å². The molecule has 0 unspecified atom stereocenters. The summed E-state index contributed by atoms with van der Waals surface area (Å²) >= 11 is 0. The second kappa shape index (κ2) is 5.88. The van der Waals surface area contributed by atoms with E-state index in [1.807, 2.05) is 17.0 Å². The van der Waals surface area contributed by atoms with Gasteiger partial charge in [-0.1, -0.05) is 42.5 Å². The SMILES string of the molecule is O=C1[C@H]2CN(Cc3ccccc3)C[C@H]2c2cccc3c2N1CCCO3. The Bertz CT molecular complexity index is 805. The Hall–Kier alpha value is -2.33. The lowest BCUT2D eigenvalue weighted by atomic mass is 9.83. The van der Waals surface area contributed by atoms with E-state index in [0.717, 1.165) is 44.0 Å². The number of hydrogen-bond donors (Lipinski definition) is 0. The Kier molecular flexibility index (Phi) is 3.52. The summed E-state index contributed by atoms with van der Waals surface area (Å²) in [6.45, 7) is 4.15. The summed E-state index contributed by atoms with van der Waals surface area (Å²) < 4.78 is 5.91. The van der Waals surface area contributed by atoms with Gasteiger partial charge in [0.2, 0.25) is 5.91 Å². The van der Waals surface area contributed by atoms with Gasteiger partial charge >= 0.3 is 0 Å². The molecule has 0 aliphatic carbocycles. The highest BCUT2D eigenvalue weighted by Crippen LogP contribution is 2.48. The van der Waals surface area contributed by atoms with Gasteiger partial charge in [-0.3, -0.25) is 9.69 Å². The summed E-state index contributed by atoms with van der Waals surface area (Å²) in [5, 5.41) is 0. The van der Waals surface area contributed by atoms with Gasteiger partial charge in [0.15, 0.2) is 0 Å². The Morgan fingerprint density at radius 3 is 2.72 bits per heavy atom. The largest absolute Gasteiger partial charge is 0.491 e. The Morgan fingerprint density at radius 1 is 1.00 bits per heavy atom. The third-order valence-electron chi connectivity index (χ3n) is 5.71. The van der Waals surface area contributed by atoms with E-state index >= 15 is 0 Å². The van der Waals surface area contributed by atoms with Crippen molar-refractivity contribution in [2.75, 3.05) is 31.1 Å². The van der Waals surface area contributed by atoms with E-state index in [9.17, 15) is 4.79 Å². The maximum Gasteiger partial charge on any atom is 0.232 e. The van der Waals surface area contributed by atoms with Crippen LogP contribution in [0.25, 0.3) is 0 Å². The predicted molar refractivity (Wildman–Crippen MR) is 96.9 cm³/mol. The molecule has 2 atom stereocenters. The van der Waals surface area contributed by atoms with E-state index in [1.54, 1.807) is 0 Å². The van der Waals surface area contributed by atoms with Gasteiger partial charge in [0.25, 0.3) is 0 Å². The van der Waals surface area contributed by atoms with Crippen LogP contribution in [0.1, 0.15) is 23.5 Å². The summed E-state index contributed by atoms with van der Waals surface area (Å²) in [5.74, 6) is 1.52. The number of hydrogen-bond acceptors (Lipinski definition) is 3. The highest BCUT2D eigenvalue weighted by Gasteiger charge is 2.46. The molecule has 4 heteroatoms. The Labute approximate surface area is 148 Å². The average molecular weight is 334 g/mol. The number of para-hydroxylation sites is 1. The van der Waals surface area contributed by atoms with Crippen molar-refractivity contribution in [1.82, 2.24) is 4.90 Å². The lowest BCUT2D eigenvalue weighted by molar-refractivity contribution is -0.122. The van der Waals surface area contributed by atoms with Crippen LogP contribution in [0.15, 0.2) is 48.5 Å². The summed E-state index contributed by atoms with van der Waals surface area (Å²) in [7, 11) is 0. The van der Waals surface area contributed by atoms with Crippen LogP contribution >= 0.6 is 0 Å². The van der Waals surface area contributed by atoms with Gasteiger partial charge in [-0.25, -0.2) is 0 Å². The number of carbonyl (C=O) groups excluding carboxylic acids is 1. The van der Waals surface area contributed by atoms with Crippen molar-refractivity contribution in [3.63, 3.8) is 0 Å². The van der Waals surface area contributed by atoms with Crippen LogP contribution in [0.3, 0.4) is 0 Å². The van der Waals surface area contributed by atoms with Gasteiger partial charge in [0, 0.05) is 32.1 Å². The normalized spacial score (nSPS) is 25.1. The summed E-state index contributed by atoms with van der Waals surface area (Å²) in [6.07, 6.45) is 0.894. The van der Waals surface area contributed by atoms with Crippen molar-refractivity contribution < 1.29 is 9.53 Å². The number of likely N-dealkylation sites (tertiary alicyclic amines) is 1. The number of rotatable bonds is 2. The molecule has 1 saturated heterocycles. The topological polar surface area (TPSA) is 32.8 Å². The molecule has 3 heterocycles. The third-order valence-corrected chi connectivity index (χ3v) is 5.71. The maximum absolute atomic E-state index is 13.2. The van der Waals surface area contributed by atoms with E-state index in [0.29, 0.717) is 6.61 Å². The van der Waals surface area contributed by atoms with Crippen molar-refractivity contribution in [2.24, 2.45) is 5.92 Å². The van der Waals surface area contributed by atoms with Gasteiger partial charge in [-0.15, -0.1) is 0 Å². The highest BCUT2D eigenvalue weighted by atomic mass is 16.5. The fourth-order valence-corrected chi connectivity index (χ4v) is 4.60. The first-order chi connectivity index (χ1) is 12.3. The standard InChI is InChI=1S/C21H22N2O2/c24-21-18-14-22(12-15-6-2-1-3-7-15)13-17(18)16-8-4-9-19-20(16)23(21)10-5-11-25-19/h1-4,6-9,17-18H,5,10-14H2/t17-,18-/m0/s1. The molecule has 1 amide bonds. The van der Waals surface area contributed by atoms with Crippen LogP contribution in [0, 0.1) is 5.92 Å². The first-order valence-electron chi connectivity index (χ1n) is 9.14. The maximum atomic E-state index is 13.2. The van der Waals surface area contributed by atoms with Crippen LogP contribution < -0.4 is 9.64 Å². The van der Waals surface area contributed by atoms with Crippen molar-refractivity contribution in [2.45, 2.75) is 18.9 Å². The molecule has 3 aliphatic rings. The van der Waals surface area contributed by atoms with Crippen molar-refractivity contribution in [3.8, 4) is 5.75 Å². The number of benzene rings is 2. The molecular weight excluding hydrogens is 312 g/mol. The Balaban J connectivity index is 1.49. The number of carbonyl (C=O) groups is 1.